The van der Waals surface area contributed by atoms with Crippen LogP contribution in [-0.2, 0) is 21.2 Å². The number of nitro groups is 1. The monoisotopic (exact) mass is 483 g/mol. The Labute approximate surface area is 198 Å². The minimum Gasteiger partial charge on any atom is -0.497 e. The molecule has 0 atom stereocenters. The molecular weight excluding hydrogens is 458 g/mol. The first kappa shape index (κ1) is 24.9. The minimum absolute atomic E-state index is 0.0284. The Kier molecular flexibility index (Phi) is 7.98. The Balaban J connectivity index is 1.84. The number of nitrogens with zero attached hydrogens (tertiary/aromatic N) is 2. The van der Waals surface area contributed by atoms with Crippen molar-refractivity contribution < 1.29 is 22.9 Å². The molecule has 3 aromatic rings. The molecule has 0 aromatic heterocycles. The van der Waals surface area contributed by atoms with E-state index in [1.807, 2.05) is 30.3 Å². The number of sulfonamides is 1. The number of aryl methyl sites for hydroxylation is 1. The van der Waals surface area contributed by atoms with Crippen LogP contribution in [0.1, 0.15) is 11.1 Å². The normalized spacial score (nSPS) is 11.3. The van der Waals surface area contributed by atoms with Crippen molar-refractivity contribution in [3.05, 3.63) is 94.0 Å². The number of carbonyl (C=O) groups excluding carboxylic acids is 1. The van der Waals surface area contributed by atoms with Crippen LogP contribution >= 0.6 is 0 Å². The van der Waals surface area contributed by atoms with Gasteiger partial charge in [-0.2, -0.15) is 4.31 Å². The highest BCUT2D eigenvalue weighted by molar-refractivity contribution is 7.89. The molecule has 0 aliphatic rings. The Hall–Kier alpha value is -3.76. The van der Waals surface area contributed by atoms with Gasteiger partial charge in [-0.3, -0.25) is 14.9 Å². The van der Waals surface area contributed by atoms with E-state index < -0.39 is 27.4 Å². The zero-order chi connectivity index (χ0) is 24.7. The molecule has 10 heteroatoms. The molecule has 0 saturated carbocycles. The van der Waals surface area contributed by atoms with Crippen LogP contribution in [0.25, 0.3) is 0 Å². The number of nitro benzene ring substituents is 1. The van der Waals surface area contributed by atoms with Crippen molar-refractivity contribution >= 4 is 27.3 Å². The number of ether oxygens (including phenoxy) is 1. The zero-order valence-electron chi connectivity index (χ0n) is 18.8. The van der Waals surface area contributed by atoms with Gasteiger partial charge in [0.25, 0.3) is 5.69 Å². The SMILES string of the molecule is COc1ccc(S(=O)(=O)N(CCc2ccccc2)CC(=O)Nc2cc([N+](=O)[O-])ccc2C)cc1. The molecule has 0 aliphatic carbocycles. The summed E-state index contributed by atoms with van der Waals surface area (Å²) >= 11 is 0. The Morgan fingerprint density at radius 1 is 1.06 bits per heavy atom. The fourth-order valence-electron chi connectivity index (χ4n) is 3.29. The lowest BCUT2D eigenvalue weighted by Crippen LogP contribution is -2.39. The molecule has 1 amide bonds. The van der Waals surface area contributed by atoms with E-state index in [0.717, 1.165) is 9.87 Å². The second-order valence-corrected chi connectivity index (χ2v) is 9.49. The largest absolute Gasteiger partial charge is 0.497 e. The van der Waals surface area contributed by atoms with E-state index in [2.05, 4.69) is 5.32 Å². The van der Waals surface area contributed by atoms with Crippen molar-refractivity contribution in [3.63, 3.8) is 0 Å². The molecular formula is C24H25N3O6S. The molecule has 9 nitrogen and oxygen atoms in total. The fourth-order valence-corrected chi connectivity index (χ4v) is 4.68. The molecule has 0 bridgehead atoms. The molecule has 0 radical (unpaired) electrons. The number of hydrogen-bond acceptors (Lipinski definition) is 6. The molecule has 0 aliphatic heterocycles. The highest BCUT2D eigenvalue weighted by Crippen LogP contribution is 2.23. The summed E-state index contributed by atoms with van der Waals surface area (Å²) in [5.41, 5.74) is 1.62. The summed E-state index contributed by atoms with van der Waals surface area (Å²) in [4.78, 5) is 23.4. The van der Waals surface area contributed by atoms with Gasteiger partial charge in [0, 0.05) is 18.7 Å². The average molecular weight is 484 g/mol. The third kappa shape index (κ3) is 6.18. The van der Waals surface area contributed by atoms with Crippen molar-refractivity contribution in [3.8, 4) is 5.75 Å². The van der Waals surface area contributed by atoms with Crippen molar-refractivity contribution in [1.82, 2.24) is 4.31 Å². The van der Waals surface area contributed by atoms with Crippen LogP contribution in [0, 0.1) is 17.0 Å². The van der Waals surface area contributed by atoms with E-state index >= 15 is 0 Å². The van der Waals surface area contributed by atoms with Gasteiger partial charge in [-0.15, -0.1) is 0 Å². The van der Waals surface area contributed by atoms with Gasteiger partial charge in [0.15, 0.2) is 0 Å². The molecule has 0 saturated heterocycles. The average Bonchev–Trinajstić information content (AvgIpc) is 2.83. The maximum atomic E-state index is 13.4. The lowest BCUT2D eigenvalue weighted by atomic mass is 10.1. The van der Waals surface area contributed by atoms with E-state index in [1.165, 1.54) is 49.6 Å². The lowest BCUT2D eigenvalue weighted by Gasteiger charge is -2.22. The van der Waals surface area contributed by atoms with Gasteiger partial charge < -0.3 is 10.1 Å². The summed E-state index contributed by atoms with van der Waals surface area (Å²) in [6, 6.07) is 19.4. The van der Waals surface area contributed by atoms with Gasteiger partial charge >= 0.3 is 0 Å². The first-order chi connectivity index (χ1) is 16.2. The predicted molar refractivity (Wildman–Crippen MR) is 128 cm³/mol. The fraction of sp³-hybridized carbons (Fsp3) is 0.208. The number of rotatable bonds is 10. The summed E-state index contributed by atoms with van der Waals surface area (Å²) < 4.78 is 32.9. The molecule has 34 heavy (non-hydrogen) atoms. The summed E-state index contributed by atoms with van der Waals surface area (Å²) in [6.45, 7) is 1.31. The van der Waals surface area contributed by atoms with Crippen LogP contribution < -0.4 is 10.1 Å². The number of carbonyl (C=O) groups is 1. The third-order valence-corrected chi connectivity index (χ3v) is 7.08. The van der Waals surface area contributed by atoms with Crippen LogP contribution in [0.15, 0.2) is 77.7 Å². The predicted octanol–water partition coefficient (Wildman–Crippen LogP) is 3.78. The van der Waals surface area contributed by atoms with Crippen molar-refractivity contribution in [1.29, 1.82) is 0 Å². The smallest absolute Gasteiger partial charge is 0.271 e. The topological polar surface area (TPSA) is 119 Å². The number of benzene rings is 3. The minimum atomic E-state index is -4.01. The van der Waals surface area contributed by atoms with Crippen molar-refractivity contribution in [2.24, 2.45) is 0 Å². The van der Waals surface area contributed by atoms with Crippen molar-refractivity contribution in [2.45, 2.75) is 18.2 Å². The standard InChI is InChI=1S/C24H25N3O6S/c1-18-8-9-20(27(29)30)16-23(18)25-24(28)17-26(15-14-19-6-4-3-5-7-19)34(31,32)22-12-10-21(33-2)11-13-22/h3-13,16H,14-15,17H2,1-2H3,(H,25,28). The van der Waals surface area contributed by atoms with E-state index in [4.69, 9.17) is 4.74 Å². The van der Waals surface area contributed by atoms with E-state index in [1.54, 1.807) is 6.92 Å². The number of nitrogens with one attached hydrogen (secondary N) is 1. The number of hydrogen-bond donors (Lipinski definition) is 1. The van der Waals surface area contributed by atoms with Gasteiger partial charge in [-0.25, -0.2) is 8.42 Å². The maximum Gasteiger partial charge on any atom is 0.271 e. The Bertz CT molecular complexity index is 1260. The molecule has 0 unspecified atom stereocenters. The van der Waals surface area contributed by atoms with Crippen LogP contribution in [0.2, 0.25) is 0 Å². The highest BCUT2D eigenvalue weighted by Gasteiger charge is 2.27. The van der Waals surface area contributed by atoms with Crippen LogP contribution in [0.3, 0.4) is 0 Å². The lowest BCUT2D eigenvalue weighted by molar-refractivity contribution is -0.384. The Morgan fingerprint density at radius 2 is 1.74 bits per heavy atom. The van der Waals surface area contributed by atoms with Gasteiger partial charge in [-0.1, -0.05) is 36.4 Å². The summed E-state index contributed by atoms with van der Waals surface area (Å²) in [7, 11) is -2.52. The summed E-state index contributed by atoms with van der Waals surface area (Å²) in [5.74, 6) is -0.0950. The van der Waals surface area contributed by atoms with Gasteiger partial charge in [-0.05, 0) is 48.7 Å². The maximum absolute atomic E-state index is 13.4. The molecule has 0 heterocycles. The van der Waals surface area contributed by atoms with E-state index in [0.29, 0.717) is 17.7 Å². The number of non-ortho nitro benzene ring substituents is 1. The van der Waals surface area contributed by atoms with E-state index in [9.17, 15) is 23.3 Å². The van der Waals surface area contributed by atoms with Gasteiger partial charge in [0.2, 0.25) is 15.9 Å². The van der Waals surface area contributed by atoms with Crippen LogP contribution in [0.5, 0.6) is 5.75 Å². The molecule has 0 fully saturated rings. The number of anilines is 1. The molecule has 178 valence electrons. The first-order valence-corrected chi connectivity index (χ1v) is 11.9. The van der Waals surface area contributed by atoms with Crippen molar-refractivity contribution in [2.75, 3.05) is 25.5 Å². The quantitative estimate of drug-likeness (QED) is 0.346. The van der Waals surface area contributed by atoms with Crippen LogP contribution in [-0.4, -0.2) is 43.8 Å². The third-order valence-electron chi connectivity index (χ3n) is 5.22. The Morgan fingerprint density at radius 3 is 2.35 bits per heavy atom. The number of methoxy groups -OCH3 is 1. The zero-order valence-corrected chi connectivity index (χ0v) is 19.6. The summed E-state index contributed by atoms with van der Waals surface area (Å²) in [5, 5.41) is 13.7. The first-order valence-electron chi connectivity index (χ1n) is 10.4. The van der Waals surface area contributed by atoms with Gasteiger partial charge in [0.05, 0.1) is 29.2 Å². The highest BCUT2D eigenvalue weighted by atomic mass is 32.2. The van der Waals surface area contributed by atoms with E-state index in [-0.39, 0.29) is 22.8 Å². The van der Waals surface area contributed by atoms with Crippen LogP contribution in [0.4, 0.5) is 11.4 Å². The number of amides is 1. The molecule has 3 aromatic carbocycles. The molecule has 1 N–H and O–H groups in total. The molecule has 0 spiro atoms. The van der Waals surface area contributed by atoms with Gasteiger partial charge in [0.1, 0.15) is 5.75 Å². The summed E-state index contributed by atoms with van der Waals surface area (Å²) in [6.07, 6.45) is 0.402. The second kappa shape index (κ2) is 10.9. The molecule has 3 rings (SSSR count). The second-order valence-electron chi connectivity index (χ2n) is 7.55.